The first-order chi connectivity index (χ1) is 13.5. The molecule has 0 fully saturated rings. The Morgan fingerprint density at radius 2 is 1.71 bits per heavy atom. The van der Waals surface area contributed by atoms with Gasteiger partial charge >= 0.3 is 5.91 Å². The second kappa shape index (κ2) is 7.72. The van der Waals surface area contributed by atoms with Gasteiger partial charge in [-0.25, -0.2) is 5.43 Å². The largest absolute Gasteiger partial charge is 0.455 e. The molecule has 0 saturated carbocycles. The number of halogens is 3. The van der Waals surface area contributed by atoms with Crippen LogP contribution in [0.15, 0.2) is 68.5 Å². The molecular formula is C20H11Cl3N2O3. The molecule has 140 valence electrons. The molecule has 0 radical (unpaired) electrons. The van der Waals surface area contributed by atoms with Crippen LogP contribution in [-0.4, -0.2) is 12.1 Å². The van der Waals surface area contributed by atoms with Gasteiger partial charge in [-0.3, -0.25) is 4.79 Å². The summed E-state index contributed by atoms with van der Waals surface area (Å²) in [7, 11) is 0. The summed E-state index contributed by atoms with van der Waals surface area (Å²) in [6.45, 7) is 0. The number of amides is 1. The Hall–Kier alpha value is -2.73. The van der Waals surface area contributed by atoms with Crippen molar-refractivity contribution in [1.82, 2.24) is 5.43 Å². The van der Waals surface area contributed by atoms with Gasteiger partial charge in [-0.15, -0.1) is 0 Å². The van der Waals surface area contributed by atoms with E-state index in [1.165, 1.54) is 6.21 Å². The highest BCUT2D eigenvalue weighted by Gasteiger charge is 2.12. The molecule has 0 unspecified atom stereocenters. The standard InChI is InChI=1S/C20H11Cl3N2O3/c21-12-2-5-17-11(7-12)8-19(28-17)20(26)25-24-10-14-3-6-18(27-14)15-9-13(22)1-4-16(15)23/h1-10H,(H,25,26)/b24-10+. The van der Waals surface area contributed by atoms with Crippen LogP contribution in [0.4, 0.5) is 0 Å². The van der Waals surface area contributed by atoms with Crippen LogP contribution in [0.5, 0.6) is 0 Å². The molecule has 0 aliphatic rings. The van der Waals surface area contributed by atoms with Gasteiger partial charge in [0.2, 0.25) is 0 Å². The highest BCUT2D eigenvalue weighted by Crippen LogP contribution is 2.31. The Morgan fingerprint density at radius 1 is 0.929 bits per heavy atom. The van der Waals surface area contributed by atoms with Crippen molar-refractivity contribution in [3.8, 4) is 11.3 Å². The van der Waals surface area contributed by atoms with Crippen molar-refractivity contribution in [2.45, 2.75) is 0 Å². The van der Waals surface area contributed by atoms with Gasteiger partial charge in [0.1, 0.15) is 17.1 Å². The molecule has 2 aromatic carbocycles. The van der Waals surface area contributed by atoms with E-state index in [4.69, 9.17) is 43.6 Å². The summed E-state index contributed by atoms with van der Waals surface area (Å²) in [5.41, 5.74) is 3.62. The van der Waals surface area contributed by atoms with Crippen LogP contribution in [-0.2, 0) is 0 Å². The maximum absolute atomic E-state index is 12.2. The number of benzene rings is 2. The van der Waals surface area contributed by atoms with Crippen molar-refractivity contribution in [3.63, 3.8) is 0 Å². The van der Waals surface area contributed by atoms with Crippen LogP contribution >= 0.6 is 34.8 Å². The van der Waals surface area contributed by atoms with Gasteiger partial charge in [0.05, 0.1) is 11.2 Å². The number of nitrogens with one attached hydrogen (secondary N) is 1. The first kappa shape index (κ1) is 18.6. The van der Waals surface area contributed by atoms with Crippen molar-refractivity contribution < 1.29 is 13.6 Å². The second-order valence-corrected chi connectivity index (χ2v) is 7.10. The van der Waals surface area contributed by atoms with Gasteiger partial charge in [-0.2, -0.15) is 5.10 Å². The van der Waals surface area contributed by atoms with Crippen molar-refractivity contribution in [1.29, 1.82) is 0 Å². The topological polar surface area (TPSA) is 67.7 Å². The van der Waals surface area contributed by atoms with Crippen LogP contribution in [0.25, 0.3) is 22.3 Å². The van der Waals surface area contributed by atoms with Gasteiger partial charge in [-0.05, 0) is 54.6 Å². The lowest BCUT2D eigenvalue weighted by atomic mass is 10.2. The number of furan rings is 2. The fourth-order valence-corrected chi connectivity index (χ4v) is 3.15. The predicted octanol–water partition coefficient (Wildman–Crippen LogP) is 6.42. The number of hydrogen-bond donors (Lipinski definition) is 1. The van der Waals surface area contributed by atoms with E-state index in [0.717, 1.165) is 5.39 Å². The zero-order chi connectivity index (χ0) is 19.7. The first-order valence-corrected chi connectivity index (χ1v) is 9.21. The lowest BCUT2D eigenvalue weighted by Crippen LogP contribution is -2.16. The normalized spacial score (nSPS) is 11.4. The Morgan fingerprint density at radius 3 is 2.57 bits per heavy atom. The van der Waals surface area contributed by atoms with E-state index in [1.807, 2.05) is 0 Å². The minimum absolute atomic E-state index is 0.125. The van der Waals surface area contributed by atoms with Crippen molar-refractivity contribution in [2.75, 3.05) is 0 Å². The SMILES string of the molecule is O=C(N/N=C/c1ccc(-c2cc(Cl)ccc2Cl)o1)c1cc2cc(Cl)ccc2o1. The highest BCUT2D eigenvalue weighted by atomic mass is 35.5. The third kappa shape index (κ3) is 3.92. The van der Waals surface area contributed by atoms with Crippen molar-refractivity contribution in [3.05, 3.63) is 81.2 Å². The van der Waals surface area contributed by atoms with E-state index in [0.29, 0.717) is 37.7 Å². The van der Waals surface area contributed by atoms with Crippen LogP contribution in [0.1, 0.15) is 16.3 Å². The fourth-order valence-electron chi connectivity index (χ4n) is 2.59. The molecule has 0 bridgehead atoms. The summed E-state index contributed by atoms with van der Waals surface area (Å²) in [6.07, 6.45) is 1.37. The van der Waals surface area contributed by atoms with Gasteiger partial charge in [0, 0.05) is 21.0 Å². The first-order valence-electron chi connectivity index (χ1n) is 8.07. The summed E-state index contributed by atoms with van der Waals surface area (Å²) in [5.74, 6) is 0.602. The maximum atomic E-state index is 12.2. The third-order valence-electron chi connectivity index (χ3n) is 3.88. The lowest BCUT2D eigenvalue weighted by Gasteiger charge is -2.00. The van der Waals surface area contributed by atoms with E-state index < -0.39 is 5.91 Å². The van der Waals surface area contributed by atoms with E-state index in [2.05, 4.69) is 10.5 Å². The lowest BCUT2D eigenvalue weighted by molar-refractivity contribution is 0.0929. The molecule has 2 heterocycles. The zero-order valence-corrected chi connectivity index (χ0v) is 16.3. The summed E-state index contributed by atoms with van der Waals surface area (Å²) in [6, 6.07) is 15.2. The number of carbonyl (C=O) groups excluding carboxylic acids is 1. The predicted molar refractivity (Wildman–Crippen MR) is 110 cm³/mol. The number of fused-ring (bicyclic) bond motifs is 1. The third-order valence-corrected chi connectivity index (χ3v) is 4.68. The molecule has 0 spiro atoms. The van der Waals surface area contributed by atoms with Crippen molar-refractivity contribution in [2.24, 2.45) is 5.10 Å². The Bertz CT molecular complexity index is 1210. The molecule has 4 aromatic rings. The van der Waals surface area contributed by atoms with Gasteiger partial charge in [0.25, 0.3) is 0 Å². The molecule has 28 heavy (non-hydrogen) atoms. The molecule has 8 heteroatoms. The molecule has 4 rings (SSSR count). The number of rotatable bonds is 4. The Kier molecular flexibility index (Phi) is 5.13. The molecule has 5 nitrogen and oxygen atoms in total. The minimum Gasteiger partial charge on any atom is -0.455 e. The van der Waals surface area contributed by atoms with Gasteiger partial charge in [-0.1, -0.05) is 34.8 Å². The number of hydrazone groups is 1. The van der Waals surface area contributed by atoms with Crippen LogP contribution < -0.4 is 5.43 Å². The molecular weight excluding hydrogens is 423 g/mol. The summed E-state index contributed by atoms with van der Waals surface area (Å²) in [4.78, 5) is 12.2. The highest BCUT2D eigenvalue weighted by molar-refractivity contribution is 6.35. The Labute approximate surface area is 174 Å². The van der Waals surface area contributed by atoms with E-state index >= 15 is 0 Å². The summed E-state index contributed by atoms with van der Waals surface area (Å²) in [5, 5.41) is 6.24. The smallest absolute Gasteiger partial charge is 0.307 e. The van der Waals surface area contributed by atoms with Crippen LogP contribution in [0, 0.1) is 0 Å². The number of hydrogen-bond acceptors (Lipinski definition) is 4. The minimum atomic E-state index is -0.492. The van der Waals surface area contributed by atoms with Crippen LogP contribution in [0.2, 0.25) is 15.1 Å². The average molecular weight is 434 g/mol. The van der Waals surface area contributed by atoms with E-state index in [9.17, 15) is 4.79 Å². The number of nitrogens with zero attached hydrogens (tertiary/aromatic N) is 1. The molecule has 2 aromatic heterocycles. The maximum Gasteiger partial charge on any atom is 0.307 e. The number of carbonyl (C=O) groups is 1. The summed E-state index contributed by atoms with van der Waals surface area (Å²) >= 11 is 18.1. The summed E-state index contributed by atoms with van der Waals surface area (Å²) < 4.78 is 11.2. The van der Waals surface area contributed by atoms with E-state index in [1.54, 1.807) is 54.6 Å². The fraction of sp³-hybridized carbons (Fsp3) is 0. The molecule has 0 aliphatic carbocycles. The van der Waals surface area contributed by atoms with Crippen LogP contribution in [0.3, 0.4) is 0 Å². The van der Waals surface area contributed by atoms with Gasteiger partial charge < -0.3 is 8.83 Å². The molecule has 1 amide bonds. The van der Waals surface area contributed by atoms with Gasteiger partial charge in [0.15, 0.2) is 5.76 Å². The average Bonchev–Trinajstić information content (AvgIpc) is 3.30. The second-order valence-electron chi connectivity index (χ2n) is 5.82. The molecule has 0 saturated heterocycles. The zero-order valence-electron chi connectivity index (χ0n) is 14.1. The molecule has 0 atom stereocenters. The molecule has 1 N–H and O–H groups in total. The van der Waals surface area contributed by atoms with E-state index in [-0.39, 0.29) is 5.76 Å². The quantitative estimate of drug-likeness (QED) is 0.298. The molecule has 0 aliphatic heterocycles. The Balaban J connectivity index is 1.46. The van der Waals surface area contributed by atoms with Crippen molar-refractivity contribution >= 4 is 57.9 Å². The monoisotopic (exact) mass is 432 g/mol.